The topological polar surface area (TPSA) is 61.8 Å². The molecule has 7 heteroatoms. The summed E-state index contributed by atoms with van der Waals surface area (Å²) in [6, 6.07) is 0. The van der Waals surface area contributed by atoms with Crippen molar-refractivity contribution in [3.05, 3.63) is 0 Å². The Morgan fingerprint density at radius 2 is 1.55 bits per heavy atom. The summed E-state index contributed by atoms with van der Waals surface area (Å²) in [6.45, 7) is 2.53. The molecule has 0 unspecified atom stereocenters. The fraction of sp³-hybridized carbons (Fsp3) is 0.500. The zero-order chi connectivity index (χ0) is 8.85. The van der Waals surface area contributed by atoms with E-state index < -0.39 is 32.9 Å². The van der Waals surface area contributed by atoms with Crippen molar-refractivity contribution in [3.63, 3.8) is 0 Å². The molecular formula is C4H10O5Sn2. The molecule has 0 saturated carbocycles. The van der Waals surface area contributed by atoms with E-state index >= 15 is 0 Å². The molecule has 5 nitrogen and oxygen atoms in total. The Balaban J connectivity index is 3.76. The summed E-state index contributed by atoms with van der Waals surface area (Å²) in [5.41, 5.74) is 0. The van der Waals surface area contributed by atoms with E-state index in [2.05, 4.69) is 6.15 Å². The van der Waals surface area contributed by atoms with Crippen LogP contribution < -0.4 is 0 Å². The Labute approximate surface area is 86.4 Å². The predicted octanol–water partition coefficient (Wildman–Crippen LogP) is -1.87. The molecule has 0 amide bonds. The SMILES string of the molecule is CC(=O)[O][SnH]([O][SnH3])[O]C(C)=O. The maximum absolute atomic E-state index is 10.4. The average Bonchev–Trinajstić information content (AvgIpc) is 1.84. The van der Waals surface area contributed by atoms with Crippen molar-refractivity contribution < 1.29 is 17.1 Å². The van der Waals surface area contributed by atoms with Crippen molar-refractivity contribution in [2.75, 3.05) is 0 Å². The molecule has 0 aliphatic carbocycles. The molecule has 0 aromatic carbocycles. The molecule has 0 heterocycles. The second-order valence-electron chi connectivity index (χ2n) is 1.74. The molecule has 64 valence electrons. The summed E-state index contributed by atoms with van der Waals surface area (Å²) in [4.78, 5) is 20.8. The van der Waals surface area contributed by atoms with Gasteiger partial charge in [-0.2, -0.15) is 0 Å². The van der Waals surface area contributed by atoms with Crippen molar-refractivity contribution >= 4 is 55.9 Å². The third-order valence-electron chi connectivity index (χ3n) is 0.717. The van der Waals surface area contributed by atoms with Gasteiger partial charge >= 0.3 is 86.9 Å². The first-order valence-electron chi connectivity index (χ1n) is 2.93. The normalized spacial score (nSPS) is 9.73. The van der Waals surface area contributed by atoms with E-state index in [4.69, 9.17) is 1.41 Å². The molecular weight excluding hydrogens is 365 g/mol. The van der Waals surface area contributed by atoms with Crippen LogP contribution in [0.15, 0.2) is 0 Å². The molecule has 0 aromatic rings. The number of rotatable bonds is 3. The van der Waals surface area contributed by atoms with Crippen LogP contribution in [0.4, 0.5) is 0 Å². The fourth-order valence-corrected chi connectivity index (χ4v) is 6.31. The molecule has 0 aliphatic rings. The number of carbonyl (C=O) groups excluding carboxylic acids is 2. The van der Waals surface area contributed by atoms with Gasteiger partial charge in [-0.05, 0) is 0 Å². The van der Waals surface area contributed by atoms with Crippen LogP contribution in [-0.4, -0.2) is 55.9 Å². The van der Waals surface area contributed by atoms with Gasteiger partial charge in [0.25, 0.3) is 0 Å². The van der Waals surface area contributed by atoms with E-state index in [0.717, 1.165) is 0 Å². The molecule has 0 rings (SSSR count). The standard InChI is InChI=1S/2C2H4O2.O.2Sn.4H/c2*1-2(3)4;;;;;;;/h2*1H3,(H,3,4);;;;;;;/q;;;;+2;;;;/p-2. The van der Waals surface area contributed by atoms with Gasteiger partial charge < -0.3 is 0 Å². The van der Waals surface area contributed by atoms with Crippen LogP contribution in [-0.2, 0) is 17.1 Å². The molecule has 11 heavy (non-hydrogen) atoms. The third-order valence-corrected chi connectivity index (χ3v) is 12.2. The van der Waals surface area contributed by atoms with Crippen LogP contribution in [0.1, 0.15) is 13.8 Å². The van der Waals surface area contributed by atoms with E-state index in [1.165, 1.54) is 13.8 Å². The van der Waals surface area contributed by atoms with Crippen molar-refractivity contribution in [2.24, 2.45) is 0 Å². The number of hydrogen-bond acceptors (Lipinski definition) is 5. The monoisotopic (exact) mass is 378 g/mol. The van der Waals surface area contributed by atoms with Crippen LogP contribution in [0, 0.1) is 0 Å². The van der Waals surface area contributed by atoms with Crippen molar-refractivity contribution in [1.82, 2.24) is 0 Å². The third kappa shape index (κ3) is 6.88. The van der Waals surface area contributed by atoms with Gasteiger partial charge in [-0.3, -0.25) is 0 Å². The van der Waals surface area contributed by atoms with E-state index in [9.17, 15) is 9.59 Å². The van der Waals surface area contributed by atoms with E-state index in [0.29, 0.717) is 0 Å². The van der Waals surface area contributed by atoms with Gasteiger partial charge in [0.1, 0.15) is 0 Å². The Morgan fingerprint density at radius 3 is 1.73 bits per heavy atom. The molecule has 0 radical (unpaired) electrons. The van der Waals surface area contributed by atoms with Crippen molar-refractivity contribution in [3.8, 4) is 0 Å². The Morgan fingerprint density at radius 1 is 1.18 bits per heavy atom. The second-order valence-corrected chi connectivity index (χ2v) is 15.1. The van der Waals surface area contributed by atoms with Crippen LogP contribution in [0.5, 0.6) is 0 Å². The first-order chi connectivity index (χ1) is 5.06. The van der Waals surface area contributed by atoms with Gasteiger partial charge in [0.05, 0.1) is 0 Å². The average molecular weight is 376 g/mol. The Hall–Kier alpha value is 0.497. The van der Waals surface area contributed by atoms with E-state index in [1.54, 1.807) is 0 Å². The van der Waals surface area contributed by atoms with E-state index in [-0.39, 0.29) is 22.9 Å². The van der Waals surface area contributed by atoms with Crippen molar-refractivity contribution in [1.29, 1.82) is 0 Å². The minimum atomic E-state index is -3.10. The summed E-state index contributed by atoms with van der Waals surface area (Å²) < 4.78 is 14.2. The first kappa shape index (κ1) is 11.5. The number of hydrogen-bond donors (Lipinski definition) is 0. The summed E-state index contributed by atoms with van der Waals surface area (Å²) in [5.74, 6) is -0.889. The molecule has 0 aliphatic heterocycles. The molecule has 0 aromatic heterocycles. The van der Waals surface area contributed by atoms with Crippen LogP contribution in [0.2, 0.25) is 0 Å². The predicted molar refractivity (Wildman–Crippen MR) is 41.7 cm³/mol. The second kappa shape index (κ2) is 6.06. The maximum atomic E-state index is 10.4. The first-order valence-corrected chi connectivity index (χ1v) is 9.30. The summed E-state index contributed by atoms with van der Waals surface area (Å²) in [5, 5.41) is 0. The molecule has 0 N–H and O–H groups in total. The quantitative estimate of drug-likeness (QED) is 0.541. The van der Waals surface area contributed by atoms with Crippen LogP contribution >= 0.6 is 0 Å². The zero-order valence-corrected chi connectivity index (χ0v) is 15.6. The fourth-order valence-electron chi connectivity index (χ4n) is 0.391. The minimum absolute atomic E-state index is 0.0551. The molecule has 0 spiro atoms. The van der Waals surface area contributed by atoms with Gasteiger partial charge in [0, 0.05) is 0 Å². The number of carbonyl (C=O) groups is 2. The van der Waals surface area contributed by atoms with Gasteiger partial charge in [-0.1, -0.05) is 0 Å². The van der Waals surface area contributed by atoms with Crippen LogP contribution in [0.25, 0.3) is 0 Å². The molecule has 0 atom stereocenters. The van der Waals surface area contributed by atoms with E-state index in [1.807, 2.05) is 0 Å². The van der Waals surface area contributed by atoms with Gasteiger partial charge in [-0.25, -0.2) is 0 Å². The Kier molecular flexibility index (Phi) is 6.34. The Bertz CT molecular complexity index is 143. The van der Waals surface area contributed by atoms with Crippen LogP contribution in [0.3, 0.4) is 0 Å². The van der Waals surface area contributed by atoms with Gasteiger partial charge in [0.15, 0.2) is 0 Å². The zero-order valence-electron chi connectivity index (χ0n) is 6.62. The van der Waals surface area contributed by atoms with Gasteiger partial charge in [-0.15, -0.1) is 0 Å². The summed E-state index contributed by atoms with van der Waals surface area (Å²) in [6.07, 6.45) is 0. The molecule has 0 saturated heterocycles. The summed E-state index contributed by atoms with van der Waals surface area (Å²) in [7, 11) is 0. The summed E-state index contributed by atoms with van der Waals surface area (Å²) >= 11 is -3.15. The molecule has 0 bridgehead atoms. The van der Waals surface area contributed by atoms with Gasteiger partial charge in [0.2, 0.25) is 0 Å². The van der Waals surface area contributed by atoms with Crippen molar-refractivity contribution in [2.45, 2.75) is 13.8 Å². The molecule has 0 fully saturated rings.